The molecule has 0 saturated heterocycles. The van der Waals surface area contributed by atoms with E-state index < -0.39 is 5.91 Å². The number of anilines is 1. The Hall–Kier alpha value is -2.69. The molecular weight excluding hydrogens is 268 g/mol. The number of phenolic OH excluding ortho intramolecular Hbond substituents is 2. The van der Waals surface area contributed by atoms with Crippen LogP contribution < -0.4 is 5.73 Å². The maximum absolute atomic E-state index is 12.5. The van der Waals surface area contributed by atoms with Gasteiger partial charge in [-0.25, -0.2) is 0 Å². The summed E-state index contributed by atoms with van der Waals surface area (Å²) in [4.78, 5) is 13.9. The molecule has 0 radical (unpaired) electrons. The molecule has 0 fully saturated rings. The third kappa shape index (κ3) is 2.91. The van der Waals surface area contributed by atoms with Gasteiger partial charge in [0.1, 0.15) is 17.1 Å². The third-order valence-electron chi connectivity index (χ3n) is 3.53. The van der Waals surface area contributed by atoms with E-state index in [4.69, 9.17) is 5.73 Å². The highest BCUT2D eigenvalue weighted by atomic mass is 16.3. The first-order chi connectivity index (χ1) is 9.91. The summed E-state index contributed by atoms with van der Waals surface area (Å²) in [5.74, 6) is -0.946. The van der Waals surface area contributed by atoms with Gasteiger partial charge in [-0.05, 0) is 36.8 Å². The number of benzene rings is 2. The molecule has 0 aromatic heterocycles. The Bertz CT molecular complexity index is 650. The van der Waals surface area contributed by atoms with Gasteiger partial charge in [-0.2, -0.15) is 0 Å². The molecule has 2 rings (SSSR count). The Morgan fingerprint density at radius 1 is 1.14 bits per heavy atom. The van der Waals surface area contributed by atoms with Crippen molar-refractivity contribution in [2.75, 3.05) is 12.8 Å². The SMILES string of the molecule is CC(c1cccc(N)c1)N(C)C(=O)c1c(O)cccc1O. The Morgan fingerprint density at radius 3 is 2.29 bits per heavy atom. The number of nitrogens with two attached hydrogens (primary N) is 1. The minimum absolute atomic E-state index is 0.101. The highest BCUT2D eigenvalue weighted by molar-refractivity contribution is 5.99. The average molecular weight is 286 g/mol. The van der Waals surface area contributed by atoms with Crippen molar-refractivity contribution in [2.24, 2.45) is 0 Å². The minimum atomic E-state index is -0.458. The third-order valence-corrected chi connectivity index (χ3v) is 3.53. The number of nitrogens with zero attached hydrogens (tertiary/aromatic N) is 1. The smallest absolute Gasteiger partial charge is 0.261 e. The van der Waals surface area contributed by atoms with E-state index >= 15 is 0 Å². The second kappa shape index (κ2) is 5.75. The summed E-state index contributed by atoms with van der Waals surface area (Å²) in [6, 6.07) is 11.2. The molecule has 21 heavy (non-hydrogen) atoms. The van der Waals surface area contributed by atoms with Crippen LogP contribution in [0.1, 0.15) is 28.9 Å². The molecule has 0 aliphatic carbocycles. The number of amides is 1. The number of hydrogen-bond donors (Lipinski definition) is 3. The zero-order valence-corrected chi connectivity index (χ0v) is 11.9. The van der Waals surface area contributed by atoms with Gasteiger partial charge >= 0.3 is 0 Å². The molecule has 1 amide bonds. The first-order valence-corrected chi connectivity index (χ1v) is 6.55. The van der Waals surface area contributed by atoms with Crippen molar-refractivity contribution in [3.05, 3.63) is 53.6 Å². The van der Waals surface area contributed by atoms with Crippen molar-refractivity contribution in [3.63, 3.8) is 0 Å². The lowest BCUT2D eigenvalue weighted by molar-refractivity contribution is 0.0736. The molecule has 110 valence electrons. The summed E-state index contributed by atoms with van der Waals surface area (Å²) in [6.07, 6.45) is 0. The van der Waals surface area contributed by atoms with Gasteiger partial charge in [-0.3, -0.25) is 4.79 Å². The molecule has 1 unspecified atom stereocenters. The second-order valence-electron chi connectivity index (χ2n) is 4.93. The van der Waals surface area contributed by atoms with Crippen molar-refractivity contribution in [3.8, 4) is 11.5 Å². The number of carbonyl (C=O) groups excluding carboxylic acids is 1. The maximum Gasteiger partial charge on any atom is 0.261 e. The topological polar surface area (TPSA) is 86.8 Å². The van der Waals surface area contributed by atoms with Gasteiger partial charge in [-0.1, -0.05) is 18.2 Å². The van der Waals surface area contributed by atoms with Gasteiger partial charge in [0.05, 0.1) is 6.04 Å². The zero-order valence-electron chi connectivity index (χ0n) is 11.9. The van der Waals surface area contributed by atoms with E-state index in [1.807, 2.05) is 19.1 Å². The van der Waals surface area contributed by atoms with Gasteiger partial charge in [0.15, 0.2) is 0 Å². The second-order valence-corrected chi connectivity index (χ2v) is 4.93. The lowest BCUT2D eigenvalue weighted by Gasteiger charge is -2.26. The van der Waals surface area contributed by atoms with E-state index in [0.29, 0.717) is 5.69 Å². The molecule has 2 aromatic rings. The molecule has 0 spiro atoms. The molecule has 2 aromatic carbocycles. The van der Waals surface area contributed by atoms with Crippen LogP contribution in [0.25, 0.3) is 0 Å². The molecule has 0 aliphatic heterocycles. The average Bonchev–Trinajstić information content (AvgIpc) is 2.45. The van der Waals surface area contributed by atoms with Gasteiger partial charge in [0, 0.05) is 12.7 Å². The van der Waals surface area contributed by atoms with Crippen LogP contribution in [0.2, 0.25) is 0 Å². The van der Waals surface area contributed by atoms with Crippen LogP contribution in [0.5, 0.6) is 11.5 Å². The normalized spacial score (nSPS) is 11.9. The van der Waals surface area contributed by atoms with E-state index in [2.05, 4.69) is 0 Å². The molecule has 0 aliphatic rings. The van der Waals surface area contributed by atoms with Gasteiger partial charge in [-0.15, -0.1) is 0 Å². The minimum Gasteiger partial charge on any atom is -0.507 e. The molecule has 0 saturated carbocycles. The Morgan fingerprint density at radius 2 is 1.71 bits per heavy atom. The lowest BCUT2D eigenvalue weighted by atomic mass is 10.0. The van der Waals surface area contributed by atoms with Crippen LogP contribution in [-0.2, 0) is 0 Å². The van der Waals surface area contributed by atoms with Crippen molar-refractivity contribution >= 4 is 11.6 Å². The van der Waals surface area contributed by atoms with Crippen LogP contribution in [0.4, 0.5) is 5.69 Å². The standard InChI is InChI=1S/C16H18N2O3/c1-10(11-5-3-6-12(17)9-11)18(2)16(21)15-13(19)7-4-8-14(15)20/h3-10,19-20H,17H2,1-2H3. The van der Waals surface area contributed by atoms with Gasteiger partial charge < -0.3 is 20.8 Å². The van der Waals surface area contributed by atoms with Crippen LogP contribution in [0.15, 0.2) is 42.5 Å². The molecule has 5 nitrogen and oxygen atoms in total. The fraction of sp³-hybridized carbons (Fsp3) is 0.188. The predicted octanol–water partition coefficient (Wildman–Crippen LogP) is 2.51. The van der Waals surface area contributed by atoms with E-state index in [0.717, 1.165) is 5.56 Å². The van der Waals surface area contributed by atoms with Gasteiger partial charge in [0.25, 0.3) is 5.91 Å². The highest BCUT2D eigenvalue weighted by Gasteiger charge is 2.24. The van der Waals surface area contributed by atoms with Crippen molar-refractivity contribution in [2.45, 2.75) is 13.0 Å². The summed E-state index contributed by atoms with van der Waals surface area (Å²) in [5, 5.41) is 19.6. The summed E-state index contributed by atoms with van der Waals surface area (Å²) in [7, 11) is 1.61. The quantitative estimate of drug-likeness (QED) is 0.757. The largest absolute Gasteiger partial charge is 0.507 e. The molecular formula is C16H18N2O3. The maximum atomic E-state index is 12.5. The summed E-state index contributed by atoms with van der Waals surface area (Å²) in [5.41, 5.74) is 7.14. The molecule has 0 heterocycles. The summed E-state index contributed by atoms with van der Waals surface area (Å²) >= 11 is 0. The number of carbonyl (C=O) groups is 1. The Labute approximate surface area is 123 Å². The fourth-order valence-corrected chi connectivity index (χ4v) is 2.14. The Kier molecular flexibility index (Phi) is 4.03. The van der Waals surface area contributed by atoms with Gasteiger partial charge in [0.2, 0.25) is 0 Å². The fourth-order valence-electron chi connectivity index (χ4n) is 2.14. The van der Waals surface area contributed by atoms with E-state index in [9.17, 15) is 15.0 Å². The van der Waals surface area contributed by atoms with Crippen LogP contribution in [-0.4, -0.2) is 28.1 Å². The number of hydrogen-bond acceptors (Lipinski definition) is 4. The van der Waals surface area contributed by atoms with E-state index in [1.54, 1.807) is 19.2 Å². The highest BCUT2D eigenvalue weighted by Crippen LogP contribution is 2.30. The van der Waals surface area contributed by atoms with Crippen LogP contribution >= 0.6 is 0 Å². The first kappa shape index (κ1) is 14.7. The predicted molar refractivity (Wildman–Crippen MR) is 81.1 cm³/mol. The first-order valence-electron chi connectivity index (χ1n) is 6.55. The molecule has 1 atom stereocenters. The van der Waals surface area contributed by atoms with Crippen molar-refractivity contribution in [1.29, 1.82) is 0 Å². The monoisotopic (exact) mass is 286 g/mol. The van der Waals surface area contributed by atoms with Crippen LogP contribution in [0, 0.1) is 0 Å². The van der Waals surface area contributed by atoms with Crippen molar-refractivity contribution < 1.29 is 15.0 Å². The lowest BCUT2D eigenvalue weighted by Crippen LogP contribution is -2.29. The molecule has 5 heteroatoms. The van der Waals surface area contributed by atoms with Crippen molar-refractivity contribution in [1.82, 2.24) is 4.90 Å². The van der Waals surface area contributed by atoms with E-state index in [-0.39, 0.29) is 23.1 Å². The summed E-state index contributed by atoms with van der Waals surface area (Å²) in [6.45, 7) is 1.85. The summed E-state index contributed by atoms with van der Waals surface area (Å²) < 4.78 is 0. The number of phenols is 2. The zero-order chi connectivity index (χ0) is 15.6. The molecule has 4 N–H and O–H groups in total. The number of rotatable bonds is 3. The van der Waals surface area contributed by atoms with E-state index in [1.165, 1.54) is 23.1 Å². The van der Waals surface area contributed by atoms with Crippen LogP contribution in [0.3, 0.4) is 0 Å². The molecule has 0 bridgehead atoms. The number of nitrogen functional groups attached to an aromatic ring is 1. The number of aromatic hydroxyl groups is 2. The Balaban J connectivity index is 2.31.